The number of nitriles is 1. The predicted molar refractivity (Wildman–Crippen MR) is 194 cm³/mol. The second kappa shape index (κ2) is 9.71. The Morgan fingerprint density at radius 1 is 0.362 bits per heavy atom. The van der Waals surface area contributed by atoms with Gasteiger partial charge < -0.3 is 13.7 Å². The van der Waals surface area contributed by atoms with Crippen LogP contribution in [0.3, 0.4) is 0 Å². The molecule has 10 rings (SSSR count). The molecule has 10 aromatic rings. The number of hydrogen-bond donors (Lipinski definition) is 0. The first-order valence-corrected chi connectivity index (χ1v) is 15.9. The van der Waals surface area contributed by atoms with Crippen LogP contribution in [0.1, 0.15) is 5.56 Å². The molecule has 0 amide bonds. The largest absolute Gasteiger partial charge is 0.309 e. The van der Waals surface area contributed by atoms with E-state index in [-0.39, 0.29) is 0 Å². The maximum absolute atomic E-state index is 11.0. The summed E-state index contributed by atoms with van der Waals surface area (Å²) >= 11 is 0. The summed E-state index contributed by atoms with van der Waals surface area (Å²) in [6.07, 6.45) is 0. The molecule has 0 aliphatic carbocycles. The van der Waals surface area contributed by atoms with Gasteiger partial charge in [-0.1, -0.05) is 103 Å². The molecule has 0 aliphatic heterocycles. The van der Waals surface area contributed by atoms with Crippen LogP contribution >= 0.6 is 0 Å². The number of para-hydroxylation sites is 5. The van der Waals surface area contributed by atoms with Crippen molar-refractivity contribution in [3.05, 3.63) is 163 Å². The number of benzene rings is 7. The van der Waals surface area contributed by atoms with Crippen molar-refractivity contribution >= 4 is 65.4 Å². The zero-order valence-corrected chi connectivity index (χ0v) is 25.3. The summed E-state index contributed by atoms with van der Waals surface area (Å²) < 4.78 is 6.93. The molecule has 0 radical (unpaired) electrons. The van der Waals surface area contributed by atoms with Gasteiger partial charge in [0.1, 0.15) is 11.6 Å². The van der Waals surface area contributed by atoms with Crippen LogP contribution in [0.4, 0.5) is 0 Å². The molecular formula is C43H26N4. The molecule has 7 aromatic carbocycles. The van der Waals surface area contributed by atoms with Gasteiger partial charge >= 0.3 is 0 Å². The minimum Gasteiger partial charge on any atom is -0.309 e. The molecule has 3 heterocycles. The molecule has 0 atom stereocenters. The van der Waals surface area contributed by atoms with E-state index in [1.807, 2.05) is 6.07 Å². The molecule has 0 saturated heterocycles. The van der Waals surface area contributed by atoms with Crippen molar-refractivity contribution in [3.8, 4) is 23.1 Å². The fourth-order valence-electron chi connectivity index (χ4n) is 7.80. The Morgan fingerprint density at radius 2 is 0.830 bits per heavy atom. The molecule has 0 fully saturated rings. The Hall–Kier alpha value is -6.57. The van der Waals surface area contributed by atoms with Crippen molar-refractivity contribution in [3.63, 3.8) is 0 Å². The van der Waals surface area contributed by atoms with Crippen molar-refractivity contribution in [1.82, 2.24) is 13.7 Å². The highest BCUT2D eigenvalue weighted by Crippen LogP contribution is 2.43. The van der Waals surface area contributed by atoms with E-state index in [1.165, 1.54) is 27.2 Å². The summed E-state index contributed by atoms with van der Waals surface area (Å²) in [6, 6.07) is 58.1. The standard InChI is InChI=1S/C43H26N4/c44-27-35-39(25-23-32-30-17-7-10-20-36(30)45(42(32)35)28-13-3-1-4-14-28)47-38-22-12-9-19-34(38)41-40(47)26-24-33-31-18-8-11-21-37(31)46(43(33)41)29-15-5-2-6-16-29/h1-26H. The lowest BCUT2D eigenvalue weighted by molar-refractivity contribution is 1.14. The molecular weight excluding hydrogens is 573 g/mol. The average molecular weight is 599 g/mol. The van der Waals surface area contributed by atoms with Crippen LogP contribution in [-0.2, 0) is 0 Å². The lowest BCUT2D eigenvalue weighted by atomic mass is 10.1. The van der Waals surface area contributed by atoms with E-state index in [0.29, 0.717) is 5.56 Å². The Labute approximate surface area is 270 Å². The normalized spacial score (nSPS) is 11.8. The third-order valence-corrected chi connectivity index (χ3v) is 9.67. The van der Waals surface area contributed by atoms with E-state index in [9.17, 15) is 5.26 Å². The monoisotopic (exact) mass is 598 g/mol. The van der Waals surface area contributed by atoms with E-state index >= 15 is 0 Å². The summed E-state index contributed by atoms with van der Waals surface area (Å²) in [5.74, 6) is 0. The predicted octanol–water partition coefficient (Wildman–Crippen LogP) is 10.8. The molecule has 0 N–H and O–H groups in total. The van der Waals surface area contributed by atoms with Gasteiger partial charge in [-0.15, -0.1) is 0 Å². The fraction of sp³-hybridized carbons (Fsp3) is 0. The maximum Gasteiger partial charge on any atom is 0.104 e. The molecule has 0 unspecified atom stereocenters. The third kappa shape index (κ3) is 3.46. The number of aromatic nitrogens is 3. The highest BCUT2D eigenvalue weighted by atomic mass is 15.0. The van der Waals surface area contributed by atoms with Crippen LogP contribution in [0.2, 0.25) is 0 Å². The van der Waals surface area contributed by atoms with Gasteiger partial charge in [0.2, 0.25) is 0 Å². The van der Waals surface area contributed by atoms with Gasteiger partial charge in [-0.3, -0.25) is 0 Å². The highest BCUT2D eigenvalue weighted by molar-refractivity contribution is 6.26. The van der Waals surface area contributed by atoms with Crippen molar-refractivity contribution in [1.29, 1.82) is 5.26 Å². The second-order valence-corrected chi connectivity index (χ2v) is 12.1. The number of fused-ring (bicyclic) bond motifs is 10. The van der Waals surface area contributed by atoms with Crippen molar-refractivity contribution in [2.45, 2.75) is 0 Å². The molecule has 3 aromatic heterocycles. The number of hydrogen-bond acceptors (Lipinski definition) is 1. The molecule has 218 valence electrons. The fourth-order valence-corrected chi connectivity index (χ4v) is 7.80. The van der Waals surface area contributed by atoms with Crippen LogP contribution < -0.4 is 0 Å². The molecule has 0 spiro atoms. The van der Waals surface area contributed by atoms with Crippen LogP contribution in [0.25, 0.3) is 82.5 Å². The third-order valence-electron chi connectivity index (χ3n) is 9.67. The molecule has 4 heteroatoms. The van der Waals surface area contributed by atoms with E-state index < -0.39 is 0 Å². The second-order valence-electron chi connectivity index (χ2n) is 12.1. The van der Waals surface area contributed by atoms with Crippen LogP contribution in [-0.4, -0.2) is 13.7 Å². The van der Waals surface area contributed by atoms with Crippen LogP contribution in [0.15, 0.2) is 158 Å². The smallest absolute Gasteiger partial charge is 0.104 e. The first-order valence-electron chi connectivity index (χ1n) is 15.9. The minimum atomic E-state index is 0.647. The van der Waals surface area contributed by atoms with E-state index in [0.717, 1.165) is 55.3 Å². The van der Waals surface area contributed by atoms with Gasteiger partial charge in [0.05, 0.1) is 38.8 Å². The quantitative estimate of drug-likeness (QED) is 0.199. The van der Waals surface area contributed by atoms with E-state index in [1.54, 1.807) is 0 Å². The lowest BCUT2D eigenvalue weighted by Gasteiger charge is -2.14. The van der Waals surface area contributed by atoms with Crippen LogP contribution in [0, 0.1) is 11.3 Å². The van der Waals surface area contributed by atoms with Crippen molar-refractivity contribution < 1.29 is 0 Å². The van der Waals surface area contributed by atoms with Gasteiger partial charge in [-0.2, -0.15) is 5.26 Å². The summed E-state index contributed by atoms with van der Waals surface area (Å²) in [4.78, 5) is 0. The Kier molecular flexibility index (Phi) is 5.32. The molecule has 4 nitrogen and oxygen atoms in total. The Morgan fingerprint density at radius 3 is 1.43 bits per heavy atom. The zero-order chi connectivity index (χ0) is 31.1. The van der Waals surface area contributed by atoms with Crippen molar-refractivity contribution in [2.24, 2.45) is 0 Å². The molecule has 47 heavy (non-hydrogen) atoms. The van der Waals surface area contributed by atoms with E-state index in [4.69, 9.17) is 0 Å². The van der Waals surface area contributed by atoms with Gasteiger partial charge in [-0.05, 0) is 54.6 Å². The van der Waals surface area contributed by atoms with Crippen molar-refractivity contribution in [2.75, 3.05) is 0 Å². The average Bonchev–Trinajstić information content (AvgIpc) is 3.77. The molecule has 0 saturated carbocycles. The highest BCUT2D eigenvalue weighted by Gasteiger charge is 2.24. The van der Waals surface area contributed by atoms with Gasteiger partial charge in [0.25, 0.3) is 0 Å². The molecule has 0 bridgehead atoms. The van der Waals surface area contributed by atoms with Gasteiger partial charge in [0.15, 0.2) is 0 Å². The molecule has 0 aliphatic rings. The number of nitrogens with zero attached hydrogens (tertiary/aromatic N) is 4. The SMILES string of the molecule is N#Cc1c(-n2c3ccccc3c3c2ccc2c4ccccc4n(-c4ccccc4)c23)ccc2c3ccccc3n(-c3ccccc3)c12. The summed E-state index contributed by atoms with van der Waals surface area (Å²) in [7, 11) is 0. The Balaban J connectivity index is 1.39. The lowest BCUT2D eigenvalue weighted by Crippen LogP contribution is -2.01. The summed E-state index contributed by atoms with van der Waals surface area (Å²) in [6.45, 7) is 0. The van der Waals surface area contributed by atoms with Crippen LogP contribution in [0.5, 0.6) is 0 Å². The summed E-state index contributed by atoms with van der Waals surface area (Å²) in [5, 5.41) is 18.0. The number of rotatable bonds is 3. The van der Waals surface area contributed by atoms with Gasteiger partial charge in [-0.25, -0.2) is 0 Å². The summed E-state index contributed by atoms with van der Waals surface area (Å²) in [5.41, 5.74) is 10.1. The minimum absolute atomic E-state index is 0.647. The Bertz CT molecular complexity index is 2900. The topological polar surface area (TPSA) is 38.6 Å². The van der Waals surface area contributed by atoms with E-state index in [2.05, 4.69) is 171 Å². The first-order chi connectivity index (χ1) is 23.3. The first kappa shape index (κ1) is 25.7. The maximum atomic E-state index is 11.0. The van der Waals surface area contributed by atoms with Gasteiger partial charge in [0, 0.05) is 43.7 Å². The zero-order valence-electron chi connectivity index (χ0n) is 25.3.